The van der Waals surface area contributed by atoms with Crippen molar-refractivity contribution < 1.29 is 23.0 Å². The van der Waals surface area contributed by atoms with Crippen LogP contribution in [0.4, 0.5) is 11.4 Å². The van der Waals surface area contributed by atoms with Crippen molar-refractivity contribution in [3.05, 3.63) is 22.2 Å². The van der Waals surface area contributed by atoms with Gasteiger partial charge in [0.1, 0.15) is 16.3 Å². The zero-order valence-electron chi connectivity index (χ0n) is 7.61. The Kier molecular flexibility index (Phi) is 2.98. The van der Waals surface area contributed by atoms with Crippen LogP contribution in [0.25, 0.3) is 0 Å². The van der Waals surface area contributed by atoms with Gasteiger partial charge in [-0.3, -0.25) is 20.5 Å². The summed E-state index contributed by atoms with van der Waals surface area (Å²) in [6, 6.07) is 1.27. The highest BCUT2D eigenvalue weighted by Crippen LogP contribution is 2.34. The number of nitro groups is 1. The van der Waals surface area contributed by atoms with Crippen molar-refractivity contribution in [2.45, 2.75) is 4.90 Å². The van der Waals surface area contributed by atoms with Crippen LogP contribution in [0.2, 0.25) is 0 Å². The van der Waals surface area contributed by atoms with Crippen molar-refractivity contribution in [1.82, 2.24) is 0 Å². The lowest BCUT2D eigenvalue weighted by molar-refractivity contribution is -0.385. The van der Waals surface area contributed by atoms with Gasteiger partial charge in [0.15, 0.2) is 0 Å². The van der Waals surface area contributed by atoms with Crippen molar-refractivity contribution in [3.63, 3.8) is 0 Å². The largest absolute Gasteiger partial charge is 0.505 e. The average Bonchev–Trinajstić information content (AvgIpc) is 2.14. The van der Waals surface area contributed by atoms with E-state index in [0.717, 1.165) is 0 Å². The first-order valence-corrected chi connectivity index (χ1v) is 5.17. The van der Waals surface area contributed by atoms with E-state index < -0.39 is 37.1 Å². The molecule has 1 rings (SSSR count). The van der Waals surface area contributed by atoms with Gasteiger partial charge in [0, 0.05) is 6.07 Å². The van der Waals surface area contributed by atoms with E-state index in [2.05, 4.69) is 0 Å². The normalized spacial score (nSPS) is 11.1. The summed E-state index contributed by atoms with van der Waals surface area (Å²) in [5, 5.41) is 19.7. The van der Waals surface area contributed by atoms with Gasteiger partial charge < -0.3 is 10.5 Å². The van der Waals surface area contributed by atoms with Crippen LogP contribution in [-0.2, 0) is 10.1 Å². The molecule has 0 aliphatic heterocycles. The van der Waals surface area contributed by atoms with Gasteiger partial charge in [0.2, 0.25) is 0 Å². The number of nitrogens with two attached hydrogens (primary N) is 1. The molecular formula is C6H7N3O6S. The molecule has 0 radical (unpaired) electrons. The van der Waals surface area contributed by atoms with Gasteiger partial charge in [0.25, 0.3) is 15.8 Å². The maximum Gasteiger partial charge on any atom is 0.297 e. The number of nitrogens with zero attached hydrogens (tertiary/aromatic N) is 1. The van der Waals surface area contributed by atoms with Crippen LogP contribution in [0.15, 0.2) is 17.0 Å². The highest BCUT2D eigenvalue weighted by Gasteiger charge is 2.23. The molecule has 5 N–H and O–H groups in total. The molecule has 0 unspecified atom stereocenters. The number of rotatable bonds is 3. The van der Waals surface area contributed by atoms with Crippen molar-refractivity contribution in [2.24, 2.45) is 5.84 Å². The van der Waals surface area contributed by atoms with Gasteiger partial charge in [-0.15, -0.1) is 0 Å². The molecule has 0 heterocycles. The molecule has 0 bridgehead atoms. The highest BCUT2D eigenvalue weighted by atomic mass is 32.2. The Morgan fingerprint density at radius 2 is 2.00 bits per heavy atom. The Bertz CT molecular complexity index is 539. The molecule has 0 aliphatic rings. The third kappa shape index (κ3) is 2.18. The van der Waals surface area contributed by atoms with Crippen LogP contribution in [0.5, 0.6) is 5.75 Å². The number of nitro benzene ring substituents is 1. The molecule has 0 atom stereocenters. The first-order chi connectivity index (χ1) is 7.27. The summed E-state index contributed by atoms with van der Waals surface area (Å²) in [6.45, 7) is 0. The summed E-state index contributed by atoms with van der Waals surface area (Å²) in [6.07, 6.45) is 0. The Labute approximate surface area is 89.4 Å². The minimum atomic E-state index is -4.73. The minimum Gasteiger partial charge on any atom is -0.505 e. The molecule has 1 aromatic rings. The first-order valence-electron chi connectivity index (χ1n) is 3.73. The topological polar surface area (TPSA) is 156 Å². The van der Waals surface area contributed by atoms with Crippen molar-refractivity contribution in [1.29, 1.82) is 0 Å². The number of aromatic hydroxyl groups is 1. The zero-order chi connectivity index (χ0) is 12.5. The molecule has 9 nitrogen and oxygen atoms in total. The Morgan fingerprint density at radius 3 is 2.38 bits per heavy atom. The molecule has 0 saturated carbocycles. The minimum absolute atomic E-state index is 0.520. The van der Waals surface area contributed by atoms with Crippen LogP contribution in [0.1, 0.15) is 0 Å². The highest BCUT2D eigenvalue weighted by molar-refractivity contribution is 7.86. The lowest BCUT2D eigenvalue weighted by Gasteiger charge is -2.07. The number of nitrogen functional groups attached to an aromatic ring is 1. The van der Waals surface area contributed by atoms with Gasteiger partial charge in [-0.2, -0.15) is 8.42 Å². The number of nitrogens with one attached hydrogen (secondary N) is 1. The summed E-state index contributed by atoms with van der Waals surface area (Å²) in [7, 11) is -4.73. The summed E-state index contributed by atoms with van der Waals surface area (Å²) < 4.78 is 30.5. The lowest BCUT2D eigenvalue weighted by atomic mass is 10.2. The van der Waals surface area contributed by atoms with Crippen molar-refractivity contribution >= 4 is 21.5 Å². The molecule has 0 aromatic heterocycles. The number of benzene rings is 1. The fourth-order valence-electron chi connectivity index (χ4n) is 1.04. The Balaban J connectivity index is 3.62. The predicted molar refractivity (Wildman–Crippen MR) is 52.4 cm³/mol. The average molecular weight is 249 g/mol. The fourth-order valence-corrected chi connectivity index (χ4v) is 1.73. The van der Waals surface area contributed by atoms with E-state index in [-0.39, 0.29) is 0 Å². The van der Waals surface area contributed by atoms with Crippen LogP contribution in [0.3, 0.4) is 0 Å². The smallest absolute Gasteiger partial charge is 0.297 e. The van der Waals surface area contributed by atoms with Gasteiger partial charge in [-0.05, 0) is 0 Å². The molecule has 1 aromatic carbocycles. The summed E-state index contributed by atoms with van der Waals surface area (Å²) in [5.74, 6) is 4.16. The zero-order valence-corrected chi connectivity index (χ0v) is 8.43. The van der Waals surface area contributed by atoms with E-state index in [1.54, 1.807) is 0 Å². The predicted octanol–water partition coefficient (Wildman–Crippen LogP) is -0.167. The second kappa shape index (κ2) is 3.92. The number of phenolic OH excluding ortho intramolecular Hbond substituents is 1. The van der Waals surface area contributed by atoms with Crippen LogP contribution < -0.4 is 11.3 Å². The quantitative estimate of drug-likeness (QED) is 0.189. The van der Waals surface area contributed by atoms with Gasteiger partial charge >= 0.3 is 0 Å². The van der Waals surface area contributed by atoms with Crippen molar-refractivity contribution in [3.8, 4) is 5.75 Å². The second-order valence-electron chi connectivity index (χ2n) is 2.71. The monoisotopic (exact) mass is 249 g/mol. The van der Waals surface area contributed by atoms with E-state index in [0.29, 0.717) is 12.1 Å². The molecule has 88 valence electrons. The Morgan fingerprint density at radius 1 is 1.44 bits per heavy atom. The maximum atomic E-state index is 10.9. The van der Waals surface area contributed by atoms with Crippen LogP contribution in [0, 0.1) is 10.1 Å². The maximum absolute atomic E-state index is 10.9. The second-order valence-corrected chi connectivity index (χ2v) is 4.10. The summed E-state index contributed by atoms with van der Waals surface area (Å²) >= 11 is 0. The van der Waals surface area contributed by atoms with Crippen LogP contribution in [-0.4, -0.2) is 23.0 Å². The standard InChI is InChI=1S/C6H7N3O6S/c7-8-6-4(10)1-3(9(11)12)2-5(6)16(13,14)15/h1-2,8,10H,7H2,(H,13,14,15). The molecule has 0 spiro atoms. The number of hydrogen-bond acceptors (Lipinski definition) is 7. The SMILES string of the molecule is NNc1c(O)cc([N+](=O)[O-])cc1S(=O)(=O)O. The number of hydrogen-bond donors (Lipinski definition) is 4. The third-order valence-corrected chi connectivity index (χ3v) is 2.58. The summed E-state index contributed by atoms with van der Waals surface area (Å²) in [4.78, 5) is 8.60. The van der Waals surface area contributed by atoms with E-state index in [9.17, 15) is 23.6 Å². The molecule has 0 amide bonds. The van der Waals surface area contributed by atoms with Crippen LogP contribution >= 0.6 is 0 Å². The number of non-ortho nitro benzene ring substituents is 1. The van der Waals surface area contributed by atoms with E-state index in [1.807, 2.05) is 5.43 Å². The molecule has 16 heavy (non-hydrogen) atoms. The molecule has 0 aliphatic carbocycles. The van der Waals surface area contributed by atoms with Gasteiger partial charge in [-0.25, -0.2) is 0 Å². The lowest BCUT2D eigenvalue weighted by Crippen LogP contribution is -2.12. The number of phenols is 1. The van der Waals surface area contributed by atoms with Gasteiger partial charge in [0.05, 0.1) is 11.0 Å². The van der Waals surface area contributed by atoms with Crippen molar-refractivity contribution in [2.75, 3.05) is 5.43 Å². The van der Waals surface area contributed by atoms with Gasteiger partial charge in [-0.1, -0.05) is 0 Å². The van der Waals surface area contributed by atoms with E-state index in [1.165, 1.54) is 0 Å². The molecule has 0 fully saturated rings. The molecule has 10 heteroatoms. The number of anilines is 1. The van der Waals surface area contributed by atoms with E-state index >= 15 is 0 Å². The fraction of sp³-hybridized carbons (Fsp3) is 0. The molecular weight excluding hydrogens is 242 g/mol. The third-order valence-electron chi connectivity index (χ3n) is 1.70. The Hall–Kier alpha value is -1.91. The first kappa shape index (κ1) is 12.2. The number of hydrazine groups is 1. The molecule has 0 saturated heterocycles. The van der Waals surface area contributed by atoms with E-state index in [4.69, 9.17) is 10.4 Å². The summed E-state index contributed by atoms with van der Waals surface area (Å²) in [5.41, 5.74) is 0.614.